The van der Waals surface area contributed by atoms with E-state index in [0.717, 1.165) is 11.5 Å². The first kappa shape index (κ1) is 9.17. The van der Waals surface area contributed by atoms with Crippen molar-refractivity contribution in [2.45, 2.75) is 21.0 Å². The largest absolute Gasteiger partial charge is 0.378 e. The molecule has 0 atom stereocenters. The lowest BCUT2D eigenvalue weighted by Gasteiger charge is -1.86. The van der Waals surface area contributed by atoms with Gasteiger partial charge in [-0.1, -0.05) is 12.6 Å². The summed E-state index contributed by atoms with van der Waals surface area (Å²) in [5.41, 5.74) is 0.843. The number of aromatic nitrogens is 1. The van der Waals surface area contributed by atoms with Gasteiger partial charge in [0.05, 0.1) is 6.61 Å². The highest BCUT2D eigenvalue weighted by Crippen LogP contribution is 2.01. The van der Waals surface area contributed by atoms with Crippen molar-refractivity contribution < 1.29 is 9.26 Å². The van der Waals surface area contributed by atoms with Crippen LogP contribution in [0.25, 0.3) is 0 Å². The molecule has 1 heterocycles. The maximum absolute atomic E-state index is 4.82. The Hall–Kier alpha value is -0.830. The number of rotatable bonds is 2. The average molecular weight is 143 g/mol. The molecule has 0 aliphatic heterocycles. The van der Waals surface area contributed by atoms with Crippen LogP contribution in [0.4, 0.5) is 0 Å². The van der Waals surface area contributed by atoms with Crippen LogP contribution in [0.3, 0.4) is 0 Å². The Morgan fingerprint density at radius 1 is 1.70 bits per heavy atom. The van der Waals surface area contributed by atoms with Crippen LogP contribution >= 0.6 is 0 Å². The van der Waals surface area contributed by atoms with Gasteiger partial charge in [-0.15, -0.1) is 0 Å². The third-order valence-corrected chi connectivity index (χ3v) is 0.969. The molecule has 0 aliphatic rings. The van der Waals surface area contributed by atoms with Gasteiger partial charge in [0.15, 0.2) is 0 Å². The Kier molecular flexibility index (Phi) is 3.72. The van der Waals surface area contributed by atoms with Crippen molar-refractivity contribution in [3.63, 3.8) is 0 Å². The highest BCUT2D eigenvalue weighted by Gasteiger charge is 1.96. The molecule has 0 amide bonds. The Balaban J connectivity index is 0.000000810. The molecule has 1 aromatic heterocycles. The second-order valence-corrected chi connectivity index (χ2v) is 1.86. The number of hydrogen-bond acceptors (Lipinski definition) is 3. The Labute approximate surface area is 61.0 Å². The maximum Gasteiger partial charge on any atom is 0.134 e. The average Bonchev–Trinajstić information content (AvgIpc) is 2.17. The molecule has 0 radical (unpaired) electrons. The van der Waals surface area contributed by atoms with Crippen LogP contribution in [0.2, 0.25) is 0 Å². The van der Waals surface area contributed by atoms with E-state index in [-0.39, 0.29) is 7.43 Å². The molecule has 0 saturated heterocycles. The van der Waals surface area contributed by atoms with E-state index < -0.39 is 0 Å². The van der Waals surface area contributed by atoms with Gasteiger partial charge in [-0.3, -0.25) is 0 Å². The second kappa shape index (κ2) is 4.06. The summed E-state index contributed by atoms with van der Waals surface area (Å²) in [7, 11) is 1.63. The number of aryl methyl sites for hydroxylation is 1. The van der Waals surface area contributed by atoms with Crippen molar-refractivity contribution in [1.82, 2.24) is 5.16 Å². The minimum Gasteiger partial charge on any atom is -0.378 e. The molecule has 0 bridgehead atoms. The molecule has 1 aromatic rings. The number of nitrogens with zero attached hydrogens (tertiary/aromatic N) is 1. The quantitative estimate of drug-likeness (QED) is 0.632. The zero-order valence-electron chi connectivity index (χ0n) is 5.55. The van der Waals surface area contributed by atoms with Gasteiger partial charge in [0, 0.05) is 13.2 Å². The lowest BCUT2D eigenvalue weighted by atomic mass is 10.4. The fourth-order valence-corrected chi connectivity index (χ4v) is 0.634. The minimum atomic E-state index is 0. The van der Waals surface area contributed by atoms with Gasteiger partial charge in [-0.2, -0.15) is 0 Å². The third-order valence-electron chi connectivity index (χ3n) is 0.969. The van der Waals surface area contributed by atoms with Crippen LogP contribution in [0, 0.1) is 6.92 Å². The standard InChI is InChI=1S/C6H9NO2.CH4/c1-5-3-6(4-8-2)7-9-5;/h3H,4H2,1-2H3;1H4. The van der Waals surface area contributed by atoms with E-state index in [1.165, 1.54) is 0 Å². The van der Waals surface area contributed by atoms with Gasteiger partial charge in [0.2, 0.25) is 0 Å². The highest BCUT2D eigenvalue weighted by atomic mass is 16.5. The number of ether oxygens (including phenoxy) is 1. The first-order chi connectivity index (χ1) is 4.33. The van der Waals surface area contributed by atoms with Gasteiger partial charge >= 0.3 is 0 Å². The summed E-state index contributed by atoms with van der Waals surface area (Å²) >= 11 is 0. The zero-order chi connectivity index (χ0) is 6.69. The van der Waals surface area contributed by atoms with Crippen LogP contribution in [0.5, 0.6) is 0 Å². The first-order valence-corrected chi connectivity index (χ1v) is 2.74. The predicted octanol–water partition coefficient (Wildman–Crippen LogP) is 1.77. The van der Waals surface area contributed by atoms with E-state index in [4.69, 9.17) is 9.26 Å². The molecule has 0 saturated carbocycles. The molecule has 0 aromatic carbocycles. The summed E-state index contributed by atoms with van der Waals surface area (Å²) in [5.74, 6) is 0.821. The molecular weight excluding hydrogens is 130 g/mol. The fraction of sp³-hybridized carbons (Fsp3) is 0.571. The van der Waals surface area contributed by atoms with Crippen molar-refractivity contribution in [3.8, 4) is 0 Å². The fourth-order valence-electron chi connectivity index (χ4n) is 0.634. The summed E-state index contributed by atoms with van der Waals surface area (Å²) in [6.07, 6.45) is 0. The van der Waals surface area contributed by atoms with Gasteiger partial charge in [0.25, 0.3) is 0 Å². The monoisotopic (exact) mass is 143 g/mol. The normalized spacial score (nSPS) is 9.00. The summed E-state index contributed by atoms with van der Waals surface area (Å²) in [4.78, 5) is 0. The molecule has 10 heavy (non-hydrogen) atoms. The number of hydrogen-bond donors (Lipinski definition) is 0. The summed E-state index contributed by atoms with van der Waals surface area (Å²) in [6, 6.07) is 1.85. The lowest BCUT2D eigenvalue weighted by molar-refractivity contribution is 0.177. The minimum absolute atomic E-state index is 0. The molecule has 0 fully saturated rings. The number of methoxy groups -OCH3 is 1. The molecule has 0 N–H and O–H groups in total. The van der Waals surface area contributed by atoms with Gasteiger partial charge in [-0.05, 0) is 6.92 Å². The summed E-state index contributed by atoms with van der Waals surface area (Å²) in [5, 5.41) is 3.71. The SMILES string of the molecule is C.COCc1cc(C)on1. The highest BCUT2D eigenvalue weighted by molar-refractivity contribution is 5.01. The topological polar surface area (TPSA) is 35.3 Å². The van der Waals surface area contributed by atoms with Crippen molar-refractivity contribution >= 4 is 0 Å². The van der Waals surface area contributed by atoms with E-state index in [1.54, 1.807) is 7.11 Å². The molecule has 0 unspecified atom stereocenters. The van der Waals surface area contributed by atoms with Crippen LogP contribution in [-0.2, 0) is 11.3 Å². The van der Waals surface area contributed by atoms with E-state index in [0.29, 0.717) is 6.61 Å². The van der Waals surface area contributed by atoms with E-state index in [2.05, 4.69) is 5.16 Å². The van der Waals surface area contributed by atoms with E-state index in [9.17, 15) is 0 Å². The van der Waals surface area contributed by atoms with Crippen molar-refractivity contribution in [1.29, 1.82) is 0 Å². The molecule has 3 heteroatoms. The van der Waals surface area contributed by atoms with Crippen molar-refractivity contribution in [2.24, 2.45) is 0 Å². The lowest BCUT2D eigenvalue weighted by Crippen LogP contribution is -1.84. The molecule has 1 rings (SSSR count). The third kappa shape index (κ3) is 2.19. The van der Waals surface area contributed by atoms with E-state index in [1.807, 2.05) is 13.0 Å². The molecule has 3 nitrogen and oxygen atoms in total. The van der Waals surface area contributed by atoms with Crippen LogP contribution in [0.1, 0.15) is 18.9 Å². The molecule has 0 aliphatic carbocycles. The van der Waals surface area contributed by atoms with Gasteiger partial charge in [-0.25, -0.2) is 0 Å². The molecular formula is C7H13NO2. The zero-order valence-corrected chi connectivity index (χ0v) is 5.55. The summed E-state index contributed by atoms with van der Waals surface area (Å²) in [6.45, 7) is 2.38. The Morgan fingerprint density at radius 2 is 2.40 bits per heavy atom. The van der Waals surface area contributed by atoms with Crippen LogP contribution in [0.15, 0.2) is 10.6 Å². The van der Waals surface area contributed by atoms with Gasteiger partial charge in [0.1, 0.15) is 11.5 Å². The first-order valence-electron chi connectivity index (χ1n) is 2.74. The Bertz CT molecular complexity index is 183. The molecule has 58 valence electrons. The second-order valence-electron chi connectivity index (χ2n) is 1.86. The van der Waals surface area contributed by atoms with Crippen LogP contribution in [-0.4, -0.2) is 12.3 Å². The van der Waals surface area contributed by atoms with Crippen LogP contribution < -0.4 is 0 Å². The van der Waals surface area contributed by atoms with Gasteiger partial charge < -0.3 is 9.26 Å². The Morgan fingerprint density at radius 3 is 2.80 bits per heavy atom. The van der Waals surface area contributed by atoms with Crippen molar-refractivity contribution in [2.75, 3.05) is 7.11 Å². The summed E-state index contributed by atoms with van der Waals surface area (Å²) < 4.78 is 9.61. The molecule has 0 spiro atoms. The van der Waals surface area contributed by atoms with E-state index >= 15 is 0 Å². The van der Waals surface area contributed by atoms with Crippen molar-refractivity contribution in [3.05, 3.63) is 17.5 Å². The maximum atomic E-state index is 4.82. The predicted molar refractivity (Wildman–Crippen MR) is 38.7 cm³/mol. The smallest absolute Gasteiger partial charge is 0.134 e.